The Kier molecular flexibility index (Phi) is 4.63. The zero-order valence-electron chi connectivity index (χ0n) is 15.1. The minimum Gasteiger partial charge on any atom is -0.308 e. The summed E-state index contributed by atoms with van der Waals surface area (Å²) in [6.07, 6.45) is 0. The number of aromatic nitrogens is 5. The van der Waals surface area contributed by atoms with Gasteiger partial charge in [-0.3, -0.25) is 4.79 Å². The first kappa shape index (κ1) is 18.0. The minimum atomic E-state index is -0.141. The molecule has 0 radical (unpaired) electrons. The van der Waals surface area contributed by atoms with Crippen LogP contribution in [0.5, 0.6) is 0 Å². The number of hydrogen-bond donors (Lipinski definition) is 0. The number of rotatable bonds is 4. The maximum atomic E-state index is 12.8. The van der Waals surface area contributed by atoms with Crippen molar-refractivity contribution in [1.29, 1.82) is 0 Å². The largest absolute Gasteiger partial charge is 0.308 e. The Morgan fingerprint density at radius 3 is 2.63 bits per heavy atom. The Morgan fingerprint density at radius 1 is 1.19 bits per heavy atom. The average Bonchev–Trinajstić information content (AvgIpc) is 3.01. The van der Waals surface area contributed by atoms with Gasteiger partial charge < -0.3 is 4.90 Å². The molecule has 9 heteroatoms. The quantitative estimate of drug-likeness (QED) is 0.524. The number of aryl methyl sites for hydroxylation is 1. The van der Waals surface area contributed by atoms with Crippen LogP contribution in [0.2, 0.25) is 5.02 Å². The lowest BCUT2D eigenvalue weighted by atomic mass is 10.2. The zero-order valence-corrected chi connectivity index (χ0v) is 16.7. The molecule has 0 amide bonds. The summed E-state index contributed by atoms with van der Waals surface area (Å²) in [4.78, 5) is 24.8. The van der Waals surface area contributed by atoms with Crippen molar-refractivity contribution in [2.75, 3.05) is 20.6 Å². The number of hydrogen-bond acceptors (Lipinski definition) is 7. The molecule has 0 unspecified atom stereocenters. The van der Waals surface area contributed by atoms with Gasteiger partial charge in [-0.15, -0.1) is 16.4 Å². The van der Waals surface area contributed by atoms with Crippen LogP contribution in [0.3, 0.4) is 0 Å². The topological polar surface area (TPSA) is 76.8 Å². The van der Waals surface area contributed by atoms with Crippen LogP contribution in [-0.2, 0) is 6.54 Å². The summed E-state index contributed by atoms with van der Waals surface area (Å²) in [7, 11) is 3.90. The van der Waals surface area contributed by atoms with Crippen molar-refractivity contribution >= 4 is 43.4 Å². The molecule has 3 heterocycles. The summed E-state index contributed by atoms with van der Waals surface area (Å²) in [6, 6.07) is 7.37. The molecule has 0 aliphatic rings. The predicted octanol–water partition coefficient (Wildman–Crippen LogP) is 2.99. The van der Waals surface area contributed by atoms with Crippen molar-refractivity contribution in [3.05, 3.63) is 45.3 Å². The van der Waals surface area contributed by atoms with Gasteiger partial charge in [-0.2, -0.15) is 0 Å². The van der Waals surface area contributed by atoms with E-state index < -0.39 is 0 Å². The summed E-state index contributed by atoms with van der Waals surface area (Å²) in [5.41, 5.74) is 2.07. The van der Waals surface area contributed by atoms with E-state index in [1.54, 1.807) is 12.1 Å². The van der Waals surface area contributed by atoms with Crippen LogP contribution in [-0.4, -0.2) is 50.5 Å². The van der Waals surface area contributed by atoms with Crippen LogP contribution in [0.15, 0.2) is 29.1 Å². The lowest BCUT2D eigenvalue weighted by Crippen LogP contribution is -2.28. The Labute approximate surface area is 164 Å². The zero-order chi connectivity index (χ0) is 19.1. The fraction of sp³-hybridized carbons (Fsp3) is 0.278. The average molecular weight is 401 g/mol. The Hall–Kier alpha value is -2.42. The van der Waals surface area contributed by atoms with Crippen molar-refractivity contribution in [2.45, 2.75) is 13.5 Å². The van der Waals surface area contributed by atoms with Crippen LogP contribution < -0.4 is 5.56 Å². The molecule has 138 valence electrons. The van der Waals surface area contributed by atoms with E-state index in [0.717, 1.165) is 21.5 Å². The van der Waals surface area contributed by atoms with Crippen molar-refractivity contribution in [3.63, 3.8) is 0 Å². The van der Waals surface area contributed by atoms with E-state index in [1.807, 2.05) is 38.1 Å². The van der Waals surface area contributed by atoms with Gasteiger partial charge >= 0.3 is 0 Å². The summed E-state index contributed by atoms with van der Waals surface area (Å²) < 4.78 is 1.96. The molecule has 3 aromatic heterocycles. The van der Waals surface area contributed by atoms with Crippen molar-refractivity contribution in [3.8, 4) is 11.4 Å². The van der Waals surface area contributed by atoms with Gasteiger partial charge in [0.25, 0.3) is 5.56 Å². The molecule has 4 aromatic rings. The molecule has 0 N–H and O–H groups in total. The monoisotopic (exact) mass is 400 g/mol. The molecule has 1 aromatic carbocycles. The van der Waals surface area contributed by atoms with Gasteiger partial charge in [0.05, 0.1) is 17.6 Å². The molecule has 4 rings (SSSR count). The third kappa shape index (κ3) is 3.31. The molecule has 0 fully saturated rings. The lowest BCUT2D eigenvalue weighted by Gasteiger charge is -2.09. The standard InChI is InChI=1S/C18H17ClN6OS/c1-10-13-14-15(18(26)25(23-22-14)9-8-24(2)3)27-17(13)21-16(20-10)11-4-6-12(19)7-5-11/h4-7H,8-9H2,1-3H3. The molecule has 27 heavy (non-hydrogen) atoms. The summed E-state index contributed by atoms with van der Waals surface area (Å²) in [6.45, 7) is 3.10. The van der Waals surface area contributed by atoms with Crippen LogP contribution >= 0.6 is 22.9 Å². The van der Waals surface area contributed by atoms with Crippen molar-refractivity contribution in [2.24, 2.45) is 0 Å². The molecule has 0 saturated carbocycles. The minimum absolute atomic E-state index is 0.141. The second-order valence-corrected chi connectivity index (χ2v) is 7.96. The van der Waals surface area contributed by atoms with Crippen LogP contribution in [0.25, 0.3) is 31.8 Å². The summed E-state index contributed by atoms with van der Waals surface area (Å²) in [5.74, 6) is 0.601. The molecule has 0 saturated heterocycles. The van der Waals surface area contributed by atoms with Crippen molar-refractivity contribution in [1.82, 2.24) is 29.9 Å². The normalized spacial score (nSPS) is 11.7. The van der Waals surface area contributed by atoms with Crippen LogP contribution in [0.1, 0.15) is 5.69 Å². The number of nitrogens with zero attached hydrogens (tertiary/aromatic N) is 6. The number of thiophene rings is 1. The Balaban J connectivity index is 1.87. The molecule has 0 spiro atoms. The second-order valence-electron chi connectivity index (χ2n) is 6.52. The van der Waals surface area contributed by atoms with E-state index in [-0.39, 0.29) is 5.56 Å². The fourth-order valence-corrected chi connectivity index (χ4v) is 4.05. The number of halogens is 1. The first-order valence-electron chi connectivity index (χ1n) is 8.39. The molecule has 7 nitrogen and oxygen atoms in total. The fourth-order valence-electron chi connectivity index (χ4n) is 2.82. The third-order valence-corrected chi connectivity index (χ3v) is 5.56. The maximum absolute atomic E-state index is 12.8. The van der Waals surface area contributed by atoms with E-state index in [2.05, 4.69) is 20.3 Å². The van der Waals surface area contributed by atoms with E-state index in [0.29, 0.717) is 34.2 Å². The smallest absolute Gasteiger partial charge is 0.287 e. The van der Waals surface area contributed by atoms with Crippen LogP contribution in [0, 0.1) is 6.92 Å². The molecule has 0 aliphatic heterocycles. The highest BCUT2D eigenvalue weighted by Gasteiger charge is 2.17. The van der Waals surface area contributed by atoms with E-state index in [1.165, 1.54) is 16.0 Å². The lowest BCUT2D eigenvalue weighted by molar-refractivity contribution is 0.364. The third-order valence-electron chi connectivity index (χ3n) is 4.25. The van der Waals surface area contributed by atoms with Gasteiger partial charge in [0.2, 0.25) is 0 Å². The predicted molar refractivity (Wildman–Crippen MR) is 109 cm³/mol. The van der Waals surface area contributed by atoms with Gasteiger partial charge in [-0.1, -0.05) is 16.8 Å². The van der Waals surface area contributed by atoms with Crippen molar-refractivity contribution < 1.29 is 0 Å². The maximum Gasteiger partial charge on any atom is 0.287 e. The summed E-state index contributed by atoms with van der Waals surface area (Å²) in [5, 5.41) is 9.83. The number of fused-ring (bicyclic) bond motifs is 3. The van der Waals surface area contributed by atoms with Crippen LogP contribution in [0.4, 0.5) is 0 Å². The first-order chi connectivity index (χ1) is 12.9. The highest BCUT2D eigenvalue weighted by Crippen LogP contribution is 2.32. The molecule has 0 bridgehead atoms. The van der Waals surface area contributed by atoms with Gasteiger partial charge in [-0.05, 0) is 45.3 Å². The summed E-state index contributed by atoms with van der Waals surface area (Å²) >= 11 is 7.30. The second kappa shape index (κ2) is 6.95. The molecular formula is C18H17ClN6OS. The van der Waals surface area contributed by atoms with E-state index in [9.17, 15) is 4.79 Å². The molecule has 0 atom stereocenters. The van der Waals surface area contributed by atoms with Gasteiger partial charge in [0.15, 0.2) is 5.82 Å². The van der Waals surface area contributed by atoms with Gasteiger partial charge in [0, 0.05) is 17.1 Å². The first-order valence-corrected chi connectivity index (χ1v) is 9.59. The van der Waals surface area contributed by atoms with Gasteiger partial charge in [-0.25, -0.2) is 14.6 Å². The number of benzene rings is 1. The Morgan fingerprint density at radius 2 is 1.93 bits per heavy atom. The molecular weight excluding hydrogens is 384 g/mol. The Bertz CT molecular complexity index is 1200. The van der Waals surface area contributed by atoms with E-state index >= 15 is 0 Å². The van der Waals surface area contributed by atoms with E-state index in [4.69, 9.17) is 11.6 Å². The highest BCUT2D eigenvalue weighted by atomic mass is 35.5. The number of likely N-dealkylation sites (N-methyl/N-ethyl adjacent to an activating group) is 1. The highest BCUT2D eigenvalue weighted by molar-refractivity contribution is 7.25. The molecule has 0 aliphatic carbocycles. The van der Waals surface area contributed by atoms with Gasteiger partial charge in [0.1, 0.15) is 15.0 Å². The SMILES string of the molecule is Cc1nc(-c2ccc(Cl)cc2)nc2sc3c(=O)n(CCN(C)C)nnc3c12.